The van der Waals surface area contributed by atoms with Crippen molar-refractivity contribution in [3.05, 3.63) is 64.4 Å². The molecule has 0 radical (unpaired) electrons. The second-order valence-electron chi connectivity index (χ2n) is 6.73. The first kappa shape index (κ1) is 20.1. The molecular formula is C22H25N3O2S. The molecule has 28 heavy (non-hydrogen) atoms. The van der Waals surface area contributed by atoms with Crippen LogP contribution in [0, 0.1) is 0 Å². The van der Waals surface area contributed by atoms with E-state index in [9.17, 15) is 9.59 Å². The number of carbonyl (C=O) groups is 1. The molecule has 2 aromatic carbocycles. The van der Waals surface area contributed by atoms with Gasteiger partial charge < -0.3 is 5.32 Å². The van der Waals surface area contributed by atoms with Crippen LogP contribution in [0.1, 0.15) is 38.7 Å². The lowest BCUT2D eigenvalue weighted by Crippen LogP contribution is -2.23. The Morgan fingerprint density at radius 1 is 1.14 bits per heavy atom. The Morgan fingerprint density at radius 2 is 1.86 bits per heavy atom. The van der Waals surface area contributed by atoms with Crippen LogP contribution in [0.3, 0.4) is 0 Å². The minimum Gasteiger partial charge on any atom is -0.325 e. The van der Waals surface area contributed by atoms with Crippen LogP contribution in [0.4, 0.5) is 5.69 Å². The van der Waals surface area contributed by atoms with E-state index in [-0.39, 0.29) is 17.2 Å². The summed E-state index contributed by atoms with van der Waals surface area (Å²) in [5, 5.41) is 4.07. The maximum absolute atomic E-state index is 12.6. The first-order valence-electron chi connectivity index (χ1n) is 9.55. The minimum atomic E-state index is -0.119. The van der Waals surface area contributed by atoms with E-state index < -0.39 is 0 Å². The first-order valence-corrected chi connectivity index (χ1v) is 10.5. The number of benzene rings is 2. The zero-order chi connectivity index (χ0) is 20.1. The Hall–Kier alpha value is -2.60. The molecule has 6 heteroatoms. The van der Waals surface area contributed by atoms with Gasteiger partial charge in [0.05, 0.1) is 16.7 Å². The van der Waals surface area contributed by atoms with Gasteiger partial charge in [0.2, 0.25) is 5.91 Å². The maximum Gasteiger partial charge on any atom is 0.262 e. The average Bonchev–Trinajstić information content (AvgIpc) is 2.72. The number of anilines is 1. The van der Waals surface area contributed by atoms with Crippen molar-refractivity contribution in [1.82, 2.24) is 9.55 Å². The van der Waals surface area contributed by atoms with Crippen LogP contribution in [0.15, 0.2) is 58.5 Å². The molecule has 1 unspecified atom stereocenters. The molecule has 0 aliphatic heterocycles. The number of rotatable bonds is 7. The Labute approximate surface area is 169 Å². The number of aromatic nitrogens is 2. The SMILES string of the molecule is CCC(C)c1ccc(NC(=O)CSc2nc3ccccc3c(=O)n2CC)cc1. The molecule has 0 saturated heterocycles. The van der Waals surface area contributed by atoms with Crippen molar-refractivity contribution in [2.24, 2.45) is 0 Å². The molecule has 146 valence electrons. The van der Waals surface area contributed by atoms with Crippen LogP contribution in [-0.2, 0) is 11.3 Å². The van der Waals surface area contributed by atoms with E-state index in [2.05, 4.69) is 36.3 Å². The van der Waals surface area contributed by atoms with Crippen LogP contribution in [-0.4, -0.2) is 21.2 Å². The predicted octanol–water partition coefficient (Wildman–Crippen LogP) is 4.66. The molecule has 3 rings (SSSR count). The lowest BCUT2D eigenvalue weighted by atomic mass is 9.99. The summed E-state index contributed by atoms with van der Waals surface area (Å²) < 4.78 is 1.61. The second-order valence-corrected chi connectivity index (χ2v) is 7.67. The number of para-hydroxylation sites is 1. The highest BCUT2D eigenvalue weighted by molar-refractivity contribution is 7.99. The molecule has 5 nitrogen and oxygen atoms in total. The number of nitrogens with one attached hydrogen (secondary N) is 1. The topological polar surface area (TPSA) is 64.0 Å². The first-order chi connectivity index (χ1) is 13.5. The highest BCUT2D eigenvalue weighted by atomic mass is 32.2. The number of thioether (sulfide) groups is 1. The third-order valence-electron chi connectivity index (χ3n) is 4.85. The highest BCUT2D eigenvalue weighted by Crippen LogP contribution is 2.21. The summed E-state index contributed by atoms with van der Waals surface area (Å²) in [5.41, 5.74) is 2.62. The van der Waals surface area contributed by atoms with Gasteiger partial charge in [-0.2, -0.15) is 0 Å². The van der Waals surface area contributed by atoms with Crippen LogP contribution < -0.4 is 10.9 Å². The lowest BCUT2D eigenvalue weighted by molar-refractivity contribution is -0.113. The fraction of sp³-hybridized carbons (Fsp3) is 0.318. The summed E-state index contributed by atoms with van der Waals surface area (Å²) in [6.07, 6.45) is 1.08. The predicted molar refractivity (Wildman–Crippen MR) is 116 cm³/mol. The molecule has 1 aromatic heterocycles. The molecule has 1 N–H and O–H groups in total. The smallest absolute Gasteiger partial charge is 0.262 e. The average molecular weight is 396 g/mol. The third-order valence-corrected chi connectivity index (χ3v) is 5.83. The Bertz CT molecular complexity index is 1030. The zero-order valence-electron chi connectivity index (χ0n) is 16.4. The van der Waals surface area contributed by atoms with Gasteiger partial charge in [0.25, 0.3) is 5.56 Å². The molecule has 1 atom stereocenters. The van der Waals surface area contributed by atoms with Crippen molar-refractivity contribution in [2.75, 3.05) is 11.1 Å². The van der Waals surface area contributed by atoms with Gasteiger partial charge in [-0.1, -0.05) is 49.9 Å². The van der Waals surface area contributed by atoms with Crippen molar-refractivity contribution in [3.8, 4) is 0 Å². The standard InChI is InChI=1S/C22H25N3O2S/c1-4-15(3)16-10-12-17(13-11-16)23-20(26)14-28-22-24-19-9-7-6-8-18(19)21(27)25(22)5-2/h6-13,15H,4-5,14H2,1-3H3,(H,23,26). The van der Waals surface area contributed by atoms with E-state index in [0.717, 1.165) is 12.1 Å². The Kier molecular flexibility index (Phi) is 6.52. The third kappa shape index (κ3) is 4.44. The summed E-state index contributed by atoms with van der Waals surface area (Å²) in [4.78, 5) is 29.6. The monoisotopic (exact) mass is 395 g/mol. The summed E-state index contributed by atoms with van der Waals surface area (Å²) in [6.45, 7) is 6.76. The molecule has 3 aromatic rings. The van der Waals surface area contributed by atoms with Crippen molar-refractivity contribution < 1.29 is 4.79 Å². The van der Waals surface area contributed by atoms with E-state index >= 15 is 0 Å². The van der Waals surface area contributed by atoms with Gasteiger partial charge in [0.15, 0.2) is 5.16 Å². The van der Waals surface area contributed by atoms with Gasteiger partial charge in [-0.3, -0.25) is 14.2 Å². The van der Waals surface area contributed by atoms with Gasteiger partial charge in [0, 0.05) is 12.2 Å². The molecule has 0 aliphatic rings. The summed E-state index contributed by atoms with van der Waals surface area (Å²) >= 11 is 1.28. The number of carbonyl (C=O) groups excluding carboxylic acids is 1. The van der Waals surface area contributed by atoms with Crippen molar-refractivity contribution in [3.63, 3.8) is 0 Å². The highest BCUT2D eigenvalue weighted by Gasteiger charge is 2.12. The summed E-state index contributed by atoms with van der Waals surface area (Å²) in [6, 6.07) is 15.3. The van der Waals surface area contributed by atoms with E-state index in [4.69, 9.17) is 0 Å². The normalized spacial score (nSPS) is 12.1. The summed E-state index contributed by atoms with van der Waals surface area (Å²) in [7, 11) is 0. The van der Waals surface area contributed by atoms with Crippen LogP contribution in [0.5, 0.6) is 0 Å². The molecule has 0 bridgehead atoms. The van der Waals surface area contributed by atoms with E-state index in [0.29, 0.717) is 28.5 Å². The van der Waals surface area contributed by atoms with E-state index in [1.54, 1.807) is 10.6 Å². The van der Waals surface area contributed by atoms with Crippen LogP contribution in [0.2, 0.25) is 0 Å². The quantitative estimate of drug-likeness (QED) is 0.467. The van der Waals surface area contributed by atoms with Gasteiger partial charge in [0.1, 0.15) is 0 Å². The van der Waals surface area contributed by atoms with Crippen molar-refractivity contribution in [2.45, 2.75) is 44.8 Å². The Balaban J connectivity index is 1.70. The fourth-order valence-corrected chi connectivity index (χ4v) is 3.86. The minimum absolute atomic E-state index is 0.0726. The van der Waals surface area contributed by atoms with Gasteiger partial charge in [-0.15, -0.1) is 0 Å². The van der Waals surface area contributed by atoms with Gasteiger partial charge >= 0.3 is 0 Å². The molecule has 0 aliphatic carbocycles. The number of hydrogen-bond acceptors (Lipinski definition) is 4. The lowest BCUT2D eigenvalue weighted by Gasteiger charge is -2.12. The van der Waals surface area contributed by atoms with Crippen molar-refractivity contribution >= 4 is 34.3 Å². The maximum atomic E-state index is 12.6. The molecule has 1 heterocycles. The largest absolute Gasteiger partial charge is 0.325 e. The van der Waals surface area contributed by atoms with Gasteiger partial charge in [-0.25, -0.2) is 4.98 Å². The molecular weight excluding hydrogens is 370 g/mol. The number of amides is 1. The van der Waals surface area contributed by atoms with E-state index in [1.807, 2.05) is 37.3 Å². The number of hydrogen-bond donors (Lipinski definition) is 1. The van der Waals surface area contributed by atoms with Crippen LogP contribution in [0.25, 0.3) is 10.9 Å². The molecule has 0 fully saturated rings. The van der Waals surface area contributed by atoms with Crippen LogP contribution >= 0.6 is 11.8 Å². The number of fused-ring (bicyclic) bond motifs is 1. The molecule has 0 spiro atoms. The van der Waals surface area contributed by atoms with Crippen molar-refractivity contribution in [1.29, 1.82) is 0 Å². The summed E-state index contributed by atoms with van der Waals surface area (Å²) in [5.74, 6) is 0.578. The zero-order valence-corrected chi connectivity index (χ0v) is 17.3. The number of nitrogens with zero attached hydrogens (tertiary/aromatic N) is 2. The Morgan fingerprint density at radius 3 is 2.54 bits per heavy atom. The fourth-order valence-electron chi connectivity index (χ4n) is 2.99. The second kappa shape index (κ2) is 9.06. The van der Waals surface area contributed by atoms with E-state index in [1.165, 1.54) is 17.3 Å². The van der Waals surface area contributed by atoms with Gasteiger partial charge in [-0.05, 0) is 49.1 Å². The molecule has 0 saturated carbocycles. The molecule has 1 amide bonds.